The third-order valence-corrected chi connectivity index (χ3v) is 2.40. The fourth-order valence-corrected chi connectivity index (χ4v) is 1.88. The van der Waals surface area contributed by atoms with Crippen LogP contribution >= 0.6 is 0 Å². The molecule has 0 aromatic rings. The van der Waals surface area contributed by atoms with Crippen molar-refractivity contribution in [2.75, 3.05) is 12.3 Å². The second-order valence-corrected chi connectivity index (χ2v) is 4.02. The minimum atomic E-state index is -4.00. The largest absolute Gasteiger partial charge is 0.356 e. The van der Waals surface area contributed by atoms with E-state index in [1.807, 2.05) is 0 Å². The molecule has 0 saturated carbocycles. The first-order chi connectivity index (χ1) is 4.99. The van der Waals surface area contributed by atoms with Gasteiger partial charge in [0.05, 0.1) is 11.7 Å². The average Bonchev–Trinajstić information content (AvgIpc) is 2.12. The summed E-state index contributed by atoms with van der Waals surface area (Å²) in [4.78, 5) is 10.8. The van der Waals surface area contributed by atoms with Crippen molar-refractivity contribution in [1.29, 1.82) is 0 Å². The van der Waals surface area contributed by atoms with Gasteiger partial charge in [-0.25, -0.2) is 0 Å². The molecule has 0 spiro atoms. The summed E-state index contributed by atoms with van der Waals surface area (Å²) in [5.74, 6) is -1.31. The third-order valence-electron chi connectivity index (χ3n) is 1.57. The molecule has 1 saturated heterocycles. The topological polar surface area (TPSA) is 83.5 Å². The summed E-state index contributed by atoms with van der Waals surface area (Å²) in [6.07, 6.45) is 0.485. The monoisotopic (exact) mass is 179 g/mol. The predicted molar refractivity (Wildman–Crippen MR) is 37.5 cm³/mol. The van der Waals surface area contributed by atoms with Gasteiger partial charge in [0.1, 0.15) is 0 Å². The van der Waals surface area contributed by atoms with Crippen LogP contribution < -0.4 is 5.32 Å². The van der Waals surface area contributed by atoms with E-state index in [0.29, 0.717) is 13.0 Å². The van der Waals surface area contributed by atoms with Gasteiger partial charge < -0.3 is 5.32 Å². The average molecular weight is 179 g/mol. The lowest BCUT2D eigenvalue weighted by molar-refractivity contribution is -0.121. The van der Waals surface area contributed by atoms with Crippen molar-refractivity contribution in [1.82, 2.24) is 5.32 Å². The van der Waals surface area contributed by atoms with Crippen molar-refractivity contribution in [3.63, 3.8) is 0 Å². The minimum Gasteiger partial charge on any atom is -0.356 e. The van der Waals surface area contributed by atoms with Gasteiger partial charge in [-0.2, -0.15) is 8.42 Å². The zero-order chi connectivity index (χ0) is 8.48. The molecule has 6 heteroatoms. The standard InChI is InChI=1S/C5H9NO4S/c7-5-4(1-2-6-5)3-11(8,9)10/h4H,1-3H2,(H,6,7)(H,8,9,10)/t4-/m0/s1. The SMILES string of the molecule is O=C1NCC[C@H]1CS(=O)(=O)O. The van der Waals surface area contributed by atoms with Gasteiger partial charge >= 0.3 is 0 Å². The van der Waals surface area contributed by atoms with E-state index in [0.717, 1.165) is 0 Å². The Morgan fingerprint density at radius 1 is 1.64 bits per heavy atom. The summed E-state index contributed by atoms with van der Waals surface area (Å²) >= 11 is 0. The maximum Gasteiger partial charge on any atom is 0.265 e. The van der Waals surface area contributed by atoms with E-state index >= 15 is 0 Å². The Hall–Kier alpha value is -0.620. The quantitative estimate of drug-likeness (QED) is 0.533. The molecule has 11 heavy (non-hydrogen) atoms. The molecule has 0 aromatic carbocycles. The van der Waals surface area contributed by atoms with Crippen LogP contribution in [0, 0.1) is 5.92 Å². The molecule has 1 heterocycles. The number of hydrogen-bond acceptors (Lipinski definition) is 3. The second kappa shape index (κ2) is 2.78. The molecule has 0 radical (unpaired) electrons. The Kier molecular flexibility index (Phi) is 2.15. The van der Waals surface area contributed by atoms with Gasteiger partial charge in [-0.3, -0.25) is 9.35 Å². The van der Waals surface area contributed by atoms with Crippen LogP contribution in [0.5, 0.6) is 0 Å². The zero-order valence-electron chi connectivity index (χ0n) is 5.78. The smallest absolute Gasteiger partial charge is 0.265 e. The molecular formula is C5H9NO4S. The van der Waals surface area contributed by atoms with Crippen molar-refractivity contribution in [2.24, 2.45) is 5.92 Å². The third kappa shape index (κ3) is 2.47. The molecule has 0 bridgehead atoms. The second-order valence-electron chi connectivity index (χ2n) is 2.53. The molecule has 64 valence electrons. The van der Waals surface area contributed by atoms with Crippen LogP contribution in [0.4, 0.5) is 0 Å². The Bertz CT molecular complexity index is 258. The first kappa shape index (κ1) is 8.48. The molecule has 1 aliphatic rings. The van der Waals surface area contributed by atoms with Crippen LogP contribution in [0.2, 0.25) is 0 Å². The maximum atomic E-state index is 10.8. The van der Waals surface area contributed by atoms with E-state index in [4.69, 9.17) is 4.55 Å². The van der Waals surface area contributed by atoms with E-state index in [-0.39, 0.29) is 5.91 Å². The Morgan fingerprint density at radius 3 is 2.64 bits per heavy atom. The molecule has 2 N–H and O–H groups in total. The lowest BCUT2D eigenvalue weighted by atomic mass is 10.1. The lowest BCUT2D eigenvalue weighted by Crippen LogP contribution is -2.24. The van der Waals surface area contributed by atoms with E-state index < -0.39 is 21.8 Å². The summed E-state index contributed by atoms with van der Waals surface area (Å²) < 4.78 is 29.0. The molecule has 1 rings (SSSR count). The van der Waals surface area contributed by atoms with E-state index in [1.165, 1.54) is 0 Å². The summed E-state index contributed by atoms with van der Waals surface area (Å²) in [6, 6.07) is 0. The molecule has 0 aliphatic carbocycles. The van der Waals surface area contributed by atoms with Gasteiger partial charge in [-0.15, -0.1) is 0 Å². The van der Waals surface area contributed by atoms with Crippen LogP contribution in [0.3, 0.4) is 0 Å². The highest BCUT2D eigenvalue weighted by molar-refractivity contribution is 7.85. The number of amides is 1. The van der Waals surface area contributed by atoms with E-state index in [9.17, 15) is 13.2 Å². The minimum absolute atomic E-state index is 0.289. The van der Waals surface area contributed by atoms with Crippen molar-refractivity contribution < 1.29 is 17.8 Å². The predicted octanol–water partition coefficient (Wildman–Crippen LogP) is -0.990. The molecule has 1 amide bonds. The first-order valence-corrected chi connectivity index (χ1v) is 4.83. The van der Waals surface area contributed by atoms with Crippen molar-refractivity contribution in [3.8, 4) is 0 Å². The summed E-state index contributed by atoms with van der Waals surface area (Å²) in [5, 5.41) is 2.48. The van der Waals surface area contributed by atoms with Gasteiger partial charge in [-0.05, 0) is 6.42 Å². The first-order valence-electron chi connectivity index (χ1n) is 3.22. The van der Waals surface area contributed by atoms with Gasteiger partial charge in [-0.1, -0.05) is 0 Å². The van der Waals surface area contributed by atoms with Gasteiger partial charge in [0.2, 0.25) is 5.91 Å². The zero-order valence-corrected chi connectivity index (χ0v) is 6.60. The molecule has 0 unspecified atom stereocenters. The van der Waals surface area contributed by atoms with Crippen molar-refractivity contribution >= 4 is 16.0 Å². The fourth-order valence-electron chi connectivity index (χ4n) is 1.06. The molecular weight excluding hydrogens is 170 g/mol. The van der Waals surface area contributed by atoms with E-state index in [1.54, 1.807) is 0 Å². The van der Waals surface area contributed by atoms with Gasteiger partial charge in [0, 0.05) is 6.54 Å². The number of rotatable bonds is 2. The van der Waals surface area contributed by atoms with Crippen LogP contribution in [-0.2, 0) is 14.9 Å². The molecule has 1 fully saturated rings. The highest BCUT2D eigenvalue weighted by Crippen LogP contribution is 2.10. The summed E-state index contributed by atoms with van der Waals surface area (Å²) in [5.41, 5.74) is 0. The number of hydrogen-bond donors (Lipinski definition) is 2. The van der Waals surface area contributed by atoms with E-state index in [2.05, 4.69) is 5.32 Å². The fraction of sp³-hybridized carbons (Fsp3) is 0.800. The normalized spacial score (nSPS) is 25.2. The molecule has 1 aliphatic heterocycles. The van der Waals surface area contributed by atoms with Gasteiger partial charge in [0.15, 0.2) is 0 Å². The summed E-state index contributed by atoms with van der Waals surface area (Å²) in [7, 11) is -4.00. The van der Waals surface area contributed by atoms with Crippen LogP contribution in [0.15, 0.2) is 0 Å². The number of carbonyl (C=O) groups is 1. The van der Waals surface area contributed by atoms with Crippen LogP contribution in [0.1, 0.15) is 6.42 Å². The number of carbonyl (C=O) groups excluding carboxylic acids is 1. The molecule has 0 aromatic heterocycles. The van der Waals surface area contributed by atoms with Crippen LogP contribution in [-0.4, -0.2) is 31.2 Å². The van der Waals surface area contributed by atoms with Gasteiger partial charge in [0.25, 0.3) is 10.1 Å². The molecule has 5 nitrogen and oxygen atoms in total. The lowest BCUT2D eigenvalue weighted by Gasteiger charge is -2.01. The Balaban J connectivity index is 2.57. The molecule has 1 atom stereocenters. The number of nitrogens with one attached hydrogen (secondary N) is 1. The highest BCUT2D eigenvalue weighted by atomic mass is 32.2. The Morgan fingerprint density at radius 2 is 2.27 bits per heavy atom. The van der Waals surface area contributed by atoms with Crippen molar-refractivity contribution in [3.05, 3.63) is 0 Å². The Labute approximate surface area is 64.5 Å². The highest BCUT2D eigenvalue weighted by Gasteiger charge is 2.28. The van der Waals surface area contributed by atoms with Crippen LogP contribution in [0.25, 0.3) is 0 Å². The van der Waals surface area contributed by atoms with Crippen molar-refractivity contribution in [2.45, 2.75) is 6.42 Å². The maximum absolute atomic E-state index is 10.8. The summed E-state index contributed by atoms with van der Waals surface area (Å²) in [6.45, 7) is 0.499.